The average molecular weight is 214 g/mol. The first-order chi connectivity index (χ1) is 7.13. The molecule has 0 spiro atoms. The molecule has 0 aromatic rings. The Kier molecular flexibility index (Phi) is 4.36. The molecule has 0 bridgehead atoms. The second kappa shape index (κ2) is 5.55. The molecule has 1 aliphatic heterocycles. The van der Waals surface area contributed by atoms with Crippen LogP contribution in [0.4, 0.5) is 4.79 Å². The minimum atomic E-state index is -0.382. The van der Waals surface area contributed by atoms with Crippen LogP contribution in [0.1, 0.15) is 19.8 Å². The highest BCUT2D eigenvalue weighted by atomic mass is 16.5. The van der Waals surface area contributed by atoms with E-state index in [1.807, 2.05) is 6.92 Å². The van der Waals surface area contributed by atoms with E-state index in [1.54, 1.807) is 0 Å². The zero-order valence-corrected chi connectivity index (χ0v) is 8.88. The van der Waals surface area contributed by atoms with Crippen molar-refractivity contribution in [1.82, 2.24) is 10.6 Å². The molecule has 1 heterocycles. The third-order valence-electron chi connectivity index (χ3n) is 2.35. The normalized spacial score (nSPS) is 22.1. The molecule has 1 aliphatic rings. The summed E-state index contributed by atoms with van der Waals surface area (Å²) in [7, 11) is 0. The molecule has 1 fully saturated rings. The molecule has 0 aromatic carbocycles. The Bertz CT molecular complexity index is 238. The first kappa shape index (κ1) is 11.8. The van der Waals surface area contributed by atoms with Crippen LogP contribution in [0.15, 0.2) is 0 Å². The van der Waals surface area contributed by atoms with E-state index in [0.29, 0.717) is 19.6 Å². The summed E-state index contributed by atoms with van der Waals surface area (Å²) >= 11 is 0. The third kappa shape index (κ3) is 3.75. The molecule has 1 saturated heterocycles. The Balaban J connectivity index is 2.30. The molecule has 86 valence electrons. The molecule has 0 aromatic heterocycles. The minimum absolute atomic E-state index is 0.0182. The van der Waals surface area contributed by atoms with Crippen molar-refractivity contribution in [2.45, 2.75) is 31.8 Å². The Morgan fingerprint density at radius 3 is 2.93 bits per heavy atom. The molecule has 2 atom stereocenters. The molecule has 2 unspecified atom stereocenters. The SMILES string of the molecule is CCC(NC(=O)NC1CCOC1)C(=N)N. The van der Waals surface area contributed by atoms with Crippen LogP contribution in [0.25, 0.3) is 0 Å². The van der Waals surface area contributed by atoms with Gasteiger partial charge in [-0.25, -0.2) is 4.79 Å². The van der Waals surface area contributed by atoms with Crippen molar-refractivity contribution in [2.75, 3.05) is 13.2 Å². The second-order valence-corrected chi connectivity index (χ2v) is 3.59. The van der Waals surface area contributed by atoms with Gasteiger partial charge in [-0.2, -0.15) is 0 Å². The molecule has 5 N–H and O–H groups in total. The summed E-state index contributed by atoms with van der Waals surface area (Å²) in [5.74, 6) is -0.0182. The summed E-state index contributed by atoms with van der Waals surface area (Å²) < 4.78 is 5.13. The number of amides is 2. The summed E-state index contributed by atoms with van der Waals surface area (Å²) in [4.78, 5) is 11.4. The van der Waals surface area contributed by atoms with E-state index in [2.05, 4.69) is 10.6 Å². The molecule has 6 nitrogen and oxygen atoms in total. The topological polar surface area (TPSA) is 100 Å². The molecule has 6 heteroatoms. The van der Waals surface area contributed by atoms with Crippen LogP contribution in [-0.2, 0) is 4.74 Å². The van der Waals surface area contributed by atoms with Gasteiger partial charge in [-0.05, 0) is 12.8 Å². The van der Waals surface area contributed by atoms with Gasteiger partial charge < -0.3 is 21.1 Å². The number of ether oxygens (including phenoxy) is 1. The number of hydrogen-bond acceptors (Lipinski definition) is 3. The fraction of sp³-hybridized carbons (Fsp3) is 0.778. The van der Waals surface area contributed by atoms with Crippen molar-refractivity contribution in [3.8, 4) is 0 Å². The highest BCUT2D eigenvalue weighted by Crippen LogP contribution is 2.02. The Hall–Kier alpha value is -1.30. The number of carbonyl (C=O) groups is 1. The molecule has 1 rings (SSSR count). The van der Waals surface area contributed by atoms with Crippen molar-refractivity contribution in [3.63, 3.8) is 0 Å². The van der Waals surface area contributed by atoms with Crippen LogP contribution in [0, 0.1) is 5.41 Å². The summed E-state index contributed by atoms with van der Waals surface area (Å²) in [6.45, 7) is 3.12. The van der Waals surface area contributed by atoms with Gasteiger partial charge in [0.2, 0.25) is 0 Å². The molecule has 2 amide bonds. The van der Waals surface area contributed by atoms with Gasteiger partial charge in [0.15, 0.2) is 0 Å². The van der Waals surface area contributed by atoms with Crippen molar-refractivity contribution >= 4 is 11.9 Å². The van der Waals surface area contributed by atoms with E-state index < -0.39 is 0 Å². The first-order valence-corrected chi connectivity index (χ1v) is 5.12. The molecular weight excluding hydrogens is 196 g/mol. The van der Waals surface area contributed by atoms with E-state index >= 15 is 0 Å². The van der Waals surface area contributed by atoms with Gasteiger partial charge in [0.1, 0.15) is 5.84 Å². The number of carbonyl (C=O) groups excluding carboxylic acids is 1. The maximum atomic E-state index is 11.4. The van der Waals surface area contributed by atoms with Crippen LogP contribution in [-0.4, -0.2) is 37.2 Å². The molecule has 15 heavy (non-hydrogen) atoms. The largest absolute Gasteiger partial charge is 0.386 e. The summed E-state index contributed by atoms with van der Waals surface area (Å²) in [6.07, 6.45) is 1.45. The highest BCUT2D eigenvalue weighted by molar-refractivity contribution is 5.87. The summed E-state index contributed by atoms with van der Waals surface area (Å²) in [5, 5.41) is 12.6. The van der Waals surface area contributed by atoms with E-state index in [0.717, 1.165) is 6.42 Å². The van der Waals surface area contributed by atoms with E-state index in [-0.39, 0.29) is 24.0 Å². The lowest BCUT2D eigenvalue weighted by Crippen LogP contribution is -2.50. The lowest BCUT2D eigenvalue weighted by atomic mass is 10.2. The number of rotatable bonds is 4. The van der Waals surface area contributed by atoms with Gasteiger partial charge in [0.05, 0.1) is 18.7 Å². The quantitative estimate of drug-likeness (QED) is 0.385. The number of amidine groups is 1. The van der Waals surface area contributed by atoms with Gasteiger partial charge in [0.25, 0.3) is 0 Å². The molecule has 0 aliphatic carbocycles. The molecule has 0 saturated carbocycles. The van der Waals surface area contributed by atoms with E-state index in [9.17, 15) is 4.79 Å². The summed E-state index contributed by atoms with van der Waals surface area (Å²) in [6, 6.07) is -0.589. The van der Waals surface area contributed by atoms with E-state index in [4.69, 9.17) is 15.9 Å². The maximum Gasteiger partial charge on any atom is 0.315 e. The Labute approximate surface area is 89.1 Å². The standard InChI is InChI=1S/C9H18N4O2/c1-2-7(8(10)11)13-9(14)12-6-3-4-15-5-6/h6-7H,2-5H2,1H3,(H3,10,11)(H2,12,13,14). The highest BCUT2D eigenvalue weighted by Gasteiger charge is 2.19. The van der Waals surface area contributed by atoms with Gasteiger partial charge in [-0.3, -0.25) is 5.41 Å². The minimum Gasteiger partial charge on any atom is -0.386 e. The Morgan fingerprint density at radius 2 is 2.47 bits per heavy atom. The maximum absolute atomic E-state index is 11.4. The monoisotopic (exact) mass is 214 g/mol. The molecular formula is C9H18N4O2. The van der Waals surface area contributed by atoms with Crippen LogP contribution < -0.4 is 16.4 Å². The number of hydrogen-bond donors (Lipinski definition) is 4. The first-order valence-electron chi connectivity index (χ1n) is 5.12. The number of urea groups is 1. The number of nitrogens with two attached hydrogens (primary N) is 1. The fourth-order valence-electron chi connectivity index (χ4n) is 1.43. The summed E-state index contributed by atoms with van der Waals surface area (Å²) in [5.41, 5.74) is 5.32. The zero-order valence-electron chi connectivity index (χ0n) is 8.88. The van der Waals surface area contributed by atoms with Crippen molar-refractivity contribution in [2.24, 2.45) is 5.73 Å². The van der Waals surface area contributed by atoms with Crippen molar-refractivity contribution in [3.05, 3.63) is 0 Å². The lowest BCUT2D eigenvalue weighted by molar-refractivity contribution is 0.188. The van der Waals surface area contributed by atoms with Gasteiger partial charge in [-0.1, -0.05) is 6.92 Å². The van der Waals surface area contributed by atoms with Crippen LogP contribution >= 0.6 is 0 Å². The van der Waals surface area contributed by atoms with Crippen LogP contribution in [0.2, 0.25) is 0 Å². The van der Waals surface area contributed by atoms with E-state index in [1.165, 1.54) is 0 Å². The van der Waals surface area contributed by atoms with Gasteiger partial charge in [0, 0.05) is 6.61 Å². The zero-order chi connectivity index (χ0) is 11.3. The average Bonchev–Trinajstić information content (AvgIpc) is 2.66. The van der Waals surface area contributed by atoms with Crippen molar-refractivity contribution in [1.29, 1.82) is 5.41 Å². The lowest BCUT2D eigenvalue weighted by Gasteiger charge is -2.17. The molecule has 0 radical (unpaired) electrons. The predicted octanol–water partition coefficient (Wildman–Crippen LogP) is -0.211. The Morgan fingerprint density at radius 1 is 1.73 bits per heavy atom. The predicted molar refractivity (Wildman–Crippen MR) is 56.9 cm³/mol. The van der Waals surface area contributed by atoms with Crippen molar-refractivity contribution < 1.29 is 9.53 Å². The number of nitrogens with one attached hydrogen (secondary N) is 3. The third-order valence-corrected chi connectivity index (χ3v) is 2.35. The van der Waals surface area contributed by atoms with Gasteiger partial charge >= 0.3 is 6.03 Å². The smallest absolute Gasteiger partial charge is 0.315 e. The second-order valence-electron chi connectivity index (χ2n) is 3.59. The van der Waals surface area contributed by atoms with Crippen LogP contribution in [0.5, 0.6) is 0 Å². The fourth-order valence-corrected chi connectivity index (χ4v) is 1.43. The van der Waals surface area contributed by atoms with Gasteiger partial charge in [-0.15, -0.1) is 0 Å². The van der Waals surface area contributed by atoms with Crippen LogP contribution in [0.3, 0.4) is 0 Å².